The third-order valence-corrected chi connectivity index (χ3v) is 1.42. The van der Waals surface area contributed by atoms with Gasteiger partial charge in [0, 0.05) is 19.2 Å². The molecule has 0 saturated carbocycles. The number of ether oxygens (including phenoxy) is 1. The predicted octanol–water partition coefficient (Wildman–Crippen LogP) is 2.04. The smallest absolute Gasteiger partial charge is 0.0597 e. The normalized spacial score (nSPS) is 14.0. The summed E-state index contributed by atoms with van der Waals surface area (Å²) >= 11 is 0. The van der Waals surface area contributed by atoms with E-state index in [-0.39, 0.29) is 6.10 Å². The van der Waals surface area contributed by atoms with Gasteiger partial charge in [0.1, 0.15) is 0 Å². The molecule has 1 atom stereocenters. The molecule has 1 N–H and O–H groups in total. The van der Waals surface area contributed by atoms with Crippen molar-refractivity contribution in [3.05, 3.63) is 0 Å². The third kappa shape index (κ3) is 7.33. The van der Waals surface area contributed by atoms with Crippen LogP contribution in [0.2, 0.25) is 0 Å². The number of hydrogen-bond donors (Lipinski definition) is 1. The Morgan fingerprint density at radius 1 is 1.64 bits per heavy atom. The van der Waals surface area contributed by atoms with Gasteiger partial charge in [0.05, 0.1) is 6.10 Å². The standard InChI is InChI=1S/C8H17NO2/c1-3-4-7-11-8(2)5-6-9-10/h6,8,10H,3-5,7H2,1-2H3/b9-6+. The Morgan fingerprint density at radius 2 is 2.36 bits per heavy atom. The Kier molecular flexibility index (Phi) is 7.15. The first-order chi connectivity index (χ1) is 5.31. The molecule has 0 bridgehead atoms. The van der Waals surface area contributed by atoms with E-state index >= 15 is 0 Å². The van der Waals surface area contributed by atoms with Crippen molar-refractivity contribution in [2.45, 2.75) is 39.2 Å². The van der Waals surface area contributed by atoms with Crippen LogP contribution in [0, 0.1) is 0 Å². The highest BCUT2D eigenvalue weighted by Crippen LogP contribution is 1.97. The highest BCUT2D eigenvalue weighted by Gasteiger charge is 1.98. The summed E-state index contributed by atoms with van der Waals surface area (Å²) in [6.07, 6.45) is 4.55. The van der Waals surface area contributed by atoms with Crippen molar-refractivity contribution in [3.63, 3.8) is 0 Å². The summed E-state index contributed by atoms with van der Waals surface area (Å²) in [5.41, 5.74) is 0. The number of rotatable bonds is 6. The Hall–Kier alpha value is -0.570. The van der Waals surface area contributed by atoms with Crippen LogP contribution in [0.25, 0.3) is 0 Å². The van der Waals surface area contributed by atoms with Crippen LogP contribution >= 0.6 is 0 Å². The van der Waals surface area contributed by atoms with Crippen molar-refractivity contribution in [2.24, 2.45) is 5.16 Å². The van der Waals surface area contributed by atoms with Gasteiger partial charge in [0.25, 0.3) is 0 Å². The molecule has 0 aromatic heterocycles. The molecule has 1 unspecified atom stereocenters. The second kappa shape index (κ2) is 7.54. The summed E-state index contributed by atoms with van der Waals surface area (Å²) in [5.74, 6) is 0. The lowest BCUT2D eigenvalue weighted by Gasteiger charge is -2.08. The van der Waals surface area contributed by atoms with Crippen LogP contribution in [-0.2, 0) is 4.74 Å². The monoisotopic (exact) mass is 159 g/mol. The minimum Gasteiger partial charge on any atom is -0.411 e. The molecule has 0 aromatic rings. The van der Waals surface area contributed by atoms with Crippen molar-refractivity contribution < 1.29 is 9.94 Å². The molecule has 0 radical (unpaired) electrons. The topological polar surface area (TPSA) is 41.8 Å². The zero-order chi connectivity index (χ0) is 8.53. The first-order valence-electron chi connectivity index (χ1n) is 4.08. The predicted molar refractivity (Wildman–Crippen MR) is 45.2 cm³/mol. The van der Waals surface area contributed by atoms with E-state index in [1.165, 1.54) is 6.21 Å². The van der Waals surface area contributed by atoms with Gasteiger partial charge in [0.2, 0.25) is 0 Å². The van der Waals surface area contributed by atoms with Crippen LogP contribution < -0.4 is 0 Å². The van der Waals surface area contributed by atoms with Crippen molar-refractivity contribution in [1.82, 2.24) is 0 Å². The van der Waals surface area contributed by atoms with Gasteiger partial charge in [-0.25, -0.2) is 0 Å². The Morgan fingerprint density at radius 3 is 2.91 bits per heavy atom. The van der Waals surface area contributed by atoms with Gasteiger partial charge in [-0.1, -0.05) is 13.3 Å². The Labute approximate surface area is 68.1 Å². The average Bonchev–Trinajstić information content (AvgIpc) is 2.01. The molecular weight excluding hydrogens is 142 g/mol. The maximum Gasteiger partial charge on any atom is 0.0597 e. The van der Waals surface area contributed by atoms with Gasteiger partial charge in [0.15, 0.2) is 0 Å². The molecule has 0 aromatic carbocycles. The van der Waals surface area contributed by atoms with Crippen molar-refractivity contribution in [1.29, 1.82) is 0 Å². The number of nitrogens with zero attached hydrogens (tertiary/aromatic N) is 1. The quantitative estimate of drug-likeness (QED) is 0.279. The van der Waals surface area contributed by atoms with Crippen LogP contribution in [-0.4, -0.2) is 24.1 Å². The van der Waals surface area contributed by atoms with Gasteiger partial charge in [-0.15, -0.1) is 5.16 Å². The van der Waals surface area contributed by atoms with E-state index in [1.54, 1.807) is 0 Å². The summed E-state index contributed by atoms with van der Waals surface area (Å²) in [4.78, 5) is 0. The molecule has 0 rings (SSSR count). The zero-order valence-corrected chi connectivity index (χ0v) is 7.29. The number of oxime groups is 1. The summed E-state index contributed by atoms with van der Waals surface area (Å²) in [6.45, 7) is 4.90. The van der Waals surface area contributed by atoms with E-state index in [1.807, 2.05) is 6.92 Å². The van der Waals surface area contributed by atoms with Crippen LogP contribution in [0.1, 0.15) is 33.1 Å². The van der Waals surface area contributed by atoms with Gasteiger partial charge < -0.3 is 9.94 Å². The van der Waals surface area contributed by atoms with Crippen LogP contribution in [0.3, 0.4) is 0 Å². The van der Waals surface area contributed by atoms with E-state index in [4.69, 9.17) is 9.94 Å². The average molecular weight is 159 g/mol. The summed E-state index contributed by atoms with van der Waals surface area (Å²) < 4.78 is 5.38. The van der Waals surface area contributed by atoms with E-state index in [0.29, 0.717) is 6.42 Å². The largest absolute Gasteiger partial charge is 0.411 e. The highest BCUT2D eigenvalue weighted by atomic mass is 16.5. The maximum absolute atomic E-state index is 8.10. The van der Waals surface area contributed by atoms with Crippen LogP contribution in [0.15, 0.2) is 5.16 Å². The molecule has 0 spiro atoms. The van der Waals surface area contributed by atoms with E-state index in [0.717, 1.165) is 19.4 Å². The second-order valence-electron chi connectivity index (χ2n) is 2.57. The Balaban J connectivity index is 3.15. The van der Waals surface area contributed by atoms with E-state index < -0.39 is 0 Å². The first kappa shape index (κ1) is 10.4. The van der Waals surface area contributed by atoms with Gasteiger partial charge in [-0.05, 0) is 13.3 Å². The van der Waals surface area contributed by atoms with Gasteiger partial charge in [-0.2, -0.15) is 0 Å². The minimum atomic E-state index is 0.164. The third-order valence-electron chi connectivity index (χ3n) is 1.42. The minimum absolute atomic E-state index is 0.164. The molecule has 0 aliphatic heterocycles. The Bertz CT molecular complexity index is 104. The highest BCUT2D eigenvalue weighted by molar-refractivity contribution is 5.56. The molecule has 0 aliphatic rings. The zero-order valence-electron chi connectivity index (χ0n) is 7.29. The van der Waals surface area contributed by atoms with Crippen molar-refractivity contribution >= 4 is 6.21 Å². The molecule has 0 heterocycles. The van der Waals surface area contributed by atoms with Crippen molar-refractivity contribution in [2.75, 3.05) is 6.61 Å². The number of hydrogen-bond acceptors (Lipinski definition) is 3. The summed E-state index contributed by atoms with van der Waals surface area (Å²) in [5, 5.41) is 11.0. The maximum atomic E-state index is 8.10. The molecule has 0 saturated heterocycles. The first-order valence-corrected chi connectivity index (χ1v) is 4.08. The molecule has 0 amide bonds. The van der Waals surface area contributed by atoms with E-state index in [9.17, 15) is 0 Å². The number of unbranched alkanes of at least 4 members (excludes halogenated alkanes) is 1. The molecule has 0 aliphatic carbocycles. The lowest BCUT2D eigenvalue weighted by molar-refractivity contribution is 0.0692. The van der Waals surface area contributed by atoms with Crippen LogP contribution in [0.4, 0.5) is 0 Å². The fraction of sp³-hybridized carbons (Fsp3) is 0.875. The second-order valence-corrected chi connectivity index (χ2v) is 2.57. The van der Waals surface area contributed by atoms with Gasteiger partial charge in [-0.3, -0.25) is 0 Å². The lowest BCUT2D eigenvalue weighted by atomic mass is 10.3. The fourth-order valence-electron chi connectivity index (χ4n) is 0.692. The summed E-state index contributed by atoms with van der Waals surface area (Å²) in [6, 6.07) is 0. The van der Waals surface area contributed by atoms with Gasteiger partial charge >= 0.3 is 0 Å². The van der Waals surface area contributed by atoms with E-state index in [2.05, 4.69) is 12.1 Å². The molecule has 0 fully saturated rings. The summed E-state index contributed by atoms with van der Waals surface area (Å²) in [7, 11) is 0. The molecule has 3 nitrogen and oxygen atoms in total. The molecular formula is C8H17NO2. The fourth-order valence-corrected chi connectivity index (χ4v) is 0.692. The SMILES string of the molecule is CCCCOC(C)C/C=N/O. The van der Waals surface area contributed by atoms with Crippen molar-refractivity contribution in [3.8, 4) is 0 Å². The molecule has 66 valence electrons. The lowest BCUT2D eigenvalue weighted by Crippen LogP contribution is -2.09. The molecule has 3 heteroatoms. The molecule has 11 heavy (non-hydrogen) atoms. The van der Waals surface area contributed by atoms with Crippen LogP contribution in [0.5, 0.6) is 0 Å².